The molecule has 1 heterocycles. The zero-order chi connectivity index (χ0) is 17.3. The van der Waals surface area contributed by atoms with Crippen molar-refractivity contribution in [3.05, 3.63) is 49.7 Å². The third-order valence-electron chi connectivity index (χ3n) is 4.37. The van der Waals surface area contributed by atoms with Crippen LogP contribution < -0.4 is 15.8 Å². The summed E-state index contributed by atoms with van der Waals surface area (Å²) in [5, 5.41) is 0.557. The molecule has 1 aliphatic rings. The predicted molar refractivity (Wildman–Crippen MR) is 93.4 cm³/mol. The molecule has 1 aliphatic heterocycles. The van der Waals surface area contributed by atoms with Crippen LogP contribution in [0.2, 0.25) is 5.02 Å². The summed E-state index contributed by atoms with van der Waals surface area (Å²) >= 11 is 5.89. The topological polar surface area (TPSA) is 63.7 Å². The van der Waals surface area contributed by atoms with Crippen LogP contribution in [0.4, 0.5) is 5.69 Å². The Kier molecular flexibility index (Phi) is 4.71. The van der Waals surface area contributed by atoms with Crippen molar-refractivity contribution in [2.75, 3.05) is 18.1 Å². The molecular formula is C18H18ClNO4. The molecule has 1 fully saturated rings. The number of rotatable bonds is 4. The molecule has 5 nitrogen and oxygen atoms in total. The lowest BCUT2D eigenvalue weighted by atomic mass is 9.93. The molecule has 1 saturated heterocycles. The van der Waals surface area contributed by atoms with Crippen molar-refractivity contribution in [2.24, 2.45) is 0 Å². The fraction of sp³-hybridized carbons (Fsp3) is 0.389. The van der Waals surface area contributed by atoms with E-state index in [4.69, 9.17) is 16.3 Å². The van der Waals surface area contributed by atoms with E-state index in [1.807, 2.05) is 0 Å². The summed E-state index contributed by atoms with van der Waals surface area (Å²) in [6, 6.07) is 6.28. The van der Waals surface area contributed by atoms with Crippen molar-refractivity contribution >= 4 is 23.3 Å². The minimum Gasteiger partial charge on any atom is -0.464 e. The second kappa shape index (κ2) is 6.77. The lowest BCUT2D eigenvalue weighted by Gasteiger charge is -2.37. The Bertz CT molecular complexity index is 821. The lowest BCUT2D eigenvalue weighted by molar-refractivity contribution is -0.145. The highest BCUT2D eigenvalue weighted by molar-refractivity contribution is 6.30. The summed E-state index contributed by atoms with van der Waals surface area (Å²) in [4.78, 5) is 38.3. The van der Waals surface area contributed by atoms with Crippen molar-refractivity contribution < 1.29 is 9.53 Å². The summed E-state index contributed by atoms with van der Waals surface area (Å²) in [7, 11) is 0. The standard InChI is InChI=1S/C18H18ClNO4/c1-2-24-18(23)13-5-3-4-10-20(13)15-14(16(21)17(15)22)11-6-8-12(19)9-7-11/h6-9,13H,2-5,10H2,1H3/t13-/m0/s1. The maximum atomic E-state index is 12.2. The molecule has 24 heavy (non-hydrogen) atoms. The molecule has 0 spiro atoms. The van der Waals surface area contributed by atoms with Crippen LogP contribution in [0, 0.1) is 0 Å². The summed E-state index contributed by atoms with van der Waals surface area (Å²) in [5.41, 5.74) is 0.303. The first-order valence-corrected chi connectivity index (χ1v) is 8.45. The third-order valence-corrected chi connectivity index (χ3v) is 4.62. The van der Waals surface area contributed by atoms with Crippen LogP contribution in [0.3, 0.4) is 0 Å². The van der Waals surface area contributed by atoms with Crippen LogP contribution in [0.15, 0.2) is 33.9 Å². The molecule has 6 heteroatoms. The molecule has 2 aromatic carbocycles. The minimum absolute atomic E-state index is 0.291. The average molecular weight is 348 g/mol. The Morgan fingerprint density at radius 3 is 2.58 bits per heavy atom. The van der Waals surface area contributed by atoms with Gasteiger partial charge in [-0.1, -0.05) is 23.7 Å². The average Bonchev–Trinajstić information content (AvgIpc) is 2.60. The van der Waals surface area contributed by atoms with Gasteiger partial charge in [-0.2, -0.15) is 0 Å². The van der Waals surface area contributed by atoms with Gasteiger partial charge in [0, 0.05) is 11.6 Å². The Balaban J connectivity index is 2.01. The molecule has 0 unspecified atom stereocenters. The molecule has 0 saturated carbocycles. The normalized spacial score (nSPS) is 17.9. The van der Waals surface area contributed by atoms with E-state index in [0.717, 1.165) is 12.8 Å². The molecule has 0 N–H and O–H groups in total. The fourth-order valence-electron chi connectivity index (χ4n) is 3.22. The zero-order valence-electron chi connectivity index (χ0n) is 13.4. The molecule has 0 aliphatic carbocycles. The van der Waals surface area contributed by atoms with Crippen LogP contribution >= 0.6 is 11.6 Å². The fourth-order valence-corrected chi connectivity index (χ4v) is 3.35. The highest BCUT2D eigenvalue weighted by atomic mass is 35.5. The highest BCUT2D eigenvalue weighted by Gasteiger charge is 2.36. The molecule has 0 radical (unpaired) electrons. The molecule has 1 atom stereocenters. The number of ether oxygens (including phenoxy) is 1. The minimum atomic E-state index is -0.531. The summed E-state index contributed by atoms with van der Waals surface area (Å²) < 4.78 is 5.13. The van der Waals surface area contributed by atoms with E-state index in [-0.39, 0.29) is 5.97 Å². The van der Waals surface area contributed by atoms with E-state index in [1.54, 1.807) is 36.1 Å². The number of hydrogen-bond donors (Lipinski definition) is 0. The molecule has 0 bridgehead atoms. The quantitative estimate of drug-likeness (QED) is 0.628. The van der Waals surface area contributed by atoms with Gasteiger partial charge in [0.05, 0.1) is 12.2 Å². The van der Waals surface area contributed by atoms with Crippen molar-refractivity contribution in [1.29, 1.82) is 0 Å². The van der Waals surface area contributed by atoms with Gasteiger partial charge in [0.25, 0.3) is 0 Å². The van der Waals surface area contributed by atoms with Gasteiger partial charge in [-0.25, -0.2) is 4.79 Å². The van der Waals surface area contributed by atoms with E-state index < -0.39 is 16.9 Å². The number of anilines is 1. The molecule has 2 aromatic rings. The molecular weight excluding hydrogens is 330 g/mol. The van der Waals surface area contributed by atoms with Crippen molar-refractivity contribution in [3.8, 4) is 11.1 Å². The Hall–Kier alpha value is -2.14. The Labute approximate surface area is 144 Å². The van der Waals surface area contributed by atoms with Crippen LogP contribution in [0.1, 0.15) is 26.2 Å². The number of halogens is 1. The van der Waals surface area contributed by atoms with Crippen molar-refractivity contribution in [1.82, 2.24) is 0 Å². The third kappa shape index (κ3) is 2.84. The number of hydrogen-bond acceptors (Lipinski definition) is 5. The van der Waals surface area contributed by atoms with E-state index in [2.05, 4.69) is 0 Å². The smallest absolute Gasteiger partial charge is 0.328 e. The maximum absolute atomic E-state index is 12.2. The van der Waals surface area contributed by atoms with Crippen LogP contribution in [-0.2, 0) is 9.53 Å². The number of piperidine rings is 1. The number of nitrogens with zero attached hydrogens (tertiary/aromatic N) is 1. The zero-order valence-corrected chi connectivity index (χ0v) is 14.1. The summed E-state index contributed by atoms with van der Waals surface area (Å²) in [5.74, 6) is -0.340. The second-order valence-electron chi connectivity index (χ2n) is 5.85. The van der Waals surface area contributed by atoms with Gasteiger partial charge < -0.3 is 9.64 Å². The van der Waals surface area contributed by atoms with E-state index in [0.29, 0.717) is 41.4 Å². The van der Waals surface area contributed by atoms with Gasteiger partial charge in [0.1, 0.15) is 11.7 Å². The van der Waals surface area contributed by atoms with Crippen molar-refractivity contribution in [3.63, 3.8) is 0 Å². The summed E-state index contributed by atoms with van der Waals surface area (Å²) in [6.07, 6.45) is 2.39. The van der Waals surface area contributed by atoms with Gasteiger partial charge in [0.15, 0.2) is 0 Å². The van der Waals surface area contributed by atoms with Gasteiger partial charge in [0.2, 0.25) is 10.9 Å². The van der Waals surface area contributed by atoms with Crippen molar-refractivity contribution in [2.45, 2.75) is 32.2 Å². The SMILES string of the molecule is CCOC(=O)[C@@H]1CCCCN1c1c(-c2ccc(Cl)cc2)c(=O)c1=O. The van der Waals surface area contributed by atoms with Crippen LogP contribution in [0.5, 0.6) is 0 Å². The van der Waals surface area contributed by atoms with Gasteiger partial charge in [-0.3, -0.25) is 9.59 Å². The first-order valence-electron chi connectivity index (χ1n) is 8.07. The van der Waals surface area contributed by atoms with Gasteiger partial charge >= 0.3 is 5.97 Å². The number of carbonyl (C=O) groups excluding carboxylic acids is 1. The molecule has 0 aromatic heterocycles. The van der Waals surface area contributed by atoms with Gasteiger partial charge in [-0.15, -0.1) is 0 Å². The Morgan fingerprint density at radius 1 is 1.21 bits per heavy atom. The predicted octanol–water partition coefficient (Wildman–Crippen LogP) is 2.53. The Morgan fingerprint density at radius 2 is 1.92 bits per heavy atom. The van der Waals surface area contributed by atoms with Crippen LogP contribution in [0.25, 0.3) is 11.1 Å². The van der Waals surface area contributed by atoms with E-state index >= 15 is 0 Å². The number of carbonyl (C=O) groups is 1. The second-order valence-corrected chi connectivity index (χ2v) is 6.28. The number of esters is 1. The maximum Gasteiger partial charge on any atom is 0.328 e. The molecule has 126 valence electrons. The van der Waals surface area contributed by atoms with Gasteiger partial charge in [-0.05, 0) is 43.9 Å². The highest BCUT2D eigenvalue weighted by Crippen LogP contribution is 2.32. The molecule has 3 rings (SSSR count). The monoisotopic (exact) mass is 347 g/mol. The van der Waals surface area contributed by atoms with Crippen LogP contribution in [-0.4, -0.2) is 25.2 Å². The first kappa shape index (κ1) is 16.7. The lowest BCUT2D eigenvalue weighted by Crippen LogP contribution is -2.52. The van der Waals surface area contributed by atoms with E-state index in [1.165, 1.54) is 0 Å². The summed E-state index contributed by atoms with van der Waals surface area (Å²) in [6.45, 7) is 2.61. The first-order chi connectivity index (χ1) is 11.5. The largest absolute Gasteiger partial charge is 0.464 e. The van der Waals surface area contributed by atoms with E-state index in [9.17, 15) is 14.4 Å². The number of benzene rings is 1. The molecule has 0 amide bonds.